The fraction of sp³-hybridized carbons (Fsp3) is 0.314. The van der Waals surface area contributed by atoms with E-state index in [0.717, 1.165) is 55.8 Å². The molecule has 0 saturated carbocycles. The molecular formula is C35H36N6O5S. The first-order valence-electron chi connectivity index (χ1n) is 15.9. The Balaban J connectivity index is 1.06. The Morgan fingerprint density at radius 3 is 2.72 bits per heavy atom. The number of aromatic nitrogens is 1. The highest BCUT2D eigenvalue weighted by molar-refractivity contribution is 7.21. The first-order valence-corrected chi connectivity index (χ1v) is 16.7. The van der Waals surface area contributed by atoms with Crippen LogP contribution in [0, 0.1) is 6.92 Å². The second kappa shape index (κ2) is 13.5. The summed E-state index contributed by atoms with van der Waals surface area (Å²) in [7, 11) is 0. The number of urea groups is 1. The van der Waals surface area contributed by atoms with Crippen molar-refractivity contribution in [3.8, 4) is 11.5 Å². The highest BCUT2D eigenvalue weighted by atomic mass is 32.1. The Hall–Kier alpha value is -4.78. The molecule has 0 aliphatic carbocycles. The Bertz CT molecular complexity index is 1840. The van der Waals surface area contributed by atoms with Crippen molar-refractivity contribution in [3.05, 3.63) is 83.4 Å². The summed E-state index contributed by atoms with van der Waals surface area (Å²) in [5, 5.41) is 6.82. The standard InChI is InChI=1S/C35H36N6O5S/c1-23-21-26(46-25-8-3-2-4-9-25)11-12-27(23)41-28-13-14-36-34-30(28)31(38-35(41)44)32(47-34)33(43)37-24-7-5-16-40(22-24)29(42)10-6-15-39-17-19-45-20-18-39/h2-4,6,8-14,21,24H,5,7,15-20,22H2,1H3,(H,37,43)(H,38,44)/b10-6+. The minimum atomic E-state index is -0.365. The summed E-state index contributed by atoms with van der Waals surface area (Å²) in [4.78, 5) is 51.5. The van der Waals surface area contributed by atoms with Crippen molar-refractivity contribution in [3.63, 3.8) is 0 Å². The fourth-order valence-electron chi connectivity index (χ4n) is 6.29. The van der Waals surface area contributed by atoms with Crippen LogP contribution in [0.3, 0.4) is 0 Å². The summed E-state index contributed by atoms with van der Waals surface area (Å²) < 4.78 is 11.4. The third kappa shape index (κ3) is 6.57. The number of carbonyl (C=O) groups is 3. The first kappa shape index (κ1) is 30.9. The molecule has 242 valence electrons. The summed E-state index contributed by atoms with van der Waals surface area (Å²) in [6.07, 6.45) is 6.75. The molecule has 2 aromatic heterocycles. The molecule has 2 fully saturated rings. The lowest BCUT2D eigenvalue weighted by Gasteiger charge is -2.33. The van der Waals surface area contributed by atoms with Crippen LogP contribution in [0.15, 0.2) is 72.9 Å². The summed E-state index contributed by atoms with van der Waals surface area (Å²) in [6.45, 7) is 6.89. The molecule has 2 saturated heterocycles. The van der Waals surface area contributed by atoms with Gasteiger partial charge < -0.3 is 25.0 Å². The average Bonchev–Trinajstić information content (AvgIpc) is 3.46. The van der Waals surface area contributed by atoms with Gasteiger partial charge in [0.25, 0.3) is 5.91 Å². The number of nitrogens with zero attached hydrogens (tertiary/aromatic N) is 4. The van der Waals surface area contributed by atoms with Crippen LogP contribution in [-0.2, 0) is 9.53 Å². The third-order valence-corrected chi connectivity index (χ3v) is 9.73. The highest BCUT2D eigenvalue weighted by Crippen LogP contribution is 2.46. The summed E-state index contributed by atoms with van der Waals surface area (Å²) in [6, 6.07) is 16.3. The van der Waals surface area contributed by atoms with Crippen LogP contribution in [0.4, 0.5) is 21.9 Å². The predicted octanol–water partition coefficient (Wildman–Crippen LogP) is 5.69. The first-order chi connectivity index (χ1) is 22.9. The van der Waals surface area contributed by atoms with E-state index in [1.807, 2.05) is 61.5 Å². The largest absolute Gasteiger partial charge is 0.457 e. The number of hydrogen-bond donors (Lipinski definition) is 2. The number of rotatable bonds is 8. The number of anilines is 3. The SMILES string of the molecule is Cc1cc(Oc2ccccc2)ccc1N1C(=O)Nc2c(C(=O)NC3CCCN(C(=O)/C=C/CN4CCOCC4)C3)sc3nccc1c23. The molecule has 0 radical (unpaired) electrons. The van der Waals surface area contributed by atoms with E-state index in [9.17, 15) is 14.4 Å². The number of amides is 4. The van der Waals surface area contributed by atoms with E-state index < -0.39 is 0 Å². The lowest BCUT2D eigenvalue weighted by molar-refractivity contribution is -0.127. The van der Waals surface area contributed by atoms with Gasteiger partial charge in [-0.1, -0.05) is 24.3 Å². The van der Waals surface area contributed by atoms with Crippen molar-refractivity contribution in [2.75, 3.05) is 56.2 Å². The van der Waals surface area contributed by atoms with Gasteiger partial charge in [0.2, 0.25) is 5.91 Å². The summed E-state index contributed by atoms with van der Waals surface area (Å²) in [5.41, 5.74) is 2.66. The molecule has 11 nitrogen and oxygen atoms in total. The maximum atomic E-state index is 13.7. The van der Waals surface area contributed by atoms with Gasteiger partial charge in [-0.15, -0.1) is 11.3 Å². The number of likely N-dealkylation sites (tertiary alicyclic amines) is 1. The maximum Gasteiger partial charge on any atom is 0.331 e. The molecule has 0 bridgehead atoms. The molecule has 7 rings (SSSR count). The van der Waals surface area contributed by atoms with E-state index >= 15 is 0 Å². The van der Waals surface area contributed by atoms with Crippen molar-refractivity contribution < 1.29 is 23.9 Å². The Morgan fingerprint density at radius 2 is 1.91 bits per heavy atom. The van der Waals surface area contributed by atoms with Crippen LogP contribution < -0.4 is 20.3 Å². The van der Waals surface area contributed by atoms with Crippen LogP contribution in [0.25, 0.3) is 10.2 Å². The molecule has 2 N–H and O–H groups in total. The van der Waals surface area contributed by atoms with Gasteiger partial charge >= 0.3 is 6.03 Å². The van der Waals surface area contributed by atoms with Crippen LogP contribution in [-0.4, -0.2) is 84.6 Å². The number of carbonyl (C=O) groups excluding carboxylic acids is 3. The molecule has 2 aromatic carbocycles. The Morgan fingerprint density at radius 1 is 1.09 bits per heavy atom. The van der Waals surface area contributed by atoms with Crippen molar-refractivity contribution >= 4 is 56.5 Å². The number of morpholine rings is 1. The smallest absolute Gasteiger partial charge is 0.331 e. The summed E-state index contributed by atoms with van der Waals surface area (Å²) in [5.74, 6) is 1.05. The van der Waals surface area contributed by atoms with E-state index in [0.29, 0.717) is 52.2 Å². The molecule has 4 amide bonds. The number of benzene rings is 2. The number of hydrogen-bond acceptors (Lipinski definition) is 8. The van der Waals surface area contributed by atoms with Crippen LogP contribution in [0.2, 0.25) is 0 Å². The van der Waals surface area contributed by atoms with Crippen molar-refractivity contribution in [1.29, 1.82) is 0 Å². The molecular weight excluding hydrogens is 616 g/mol. The zero-order valence-corrected chi connectivity index (χ0v) is 26.9. The molecule has 0 spiro atoms. The lowest BCUT2D eigenvalue weighted by atomic mass is 10.0. The molecule has 12 heteroatoms. The van der Waals surface area contributed by atoms with Crippen LogP contribution in [0.5, 0.6) is 11.5 Å². The number of para-hydroxylation sites is 1. The lowest BCUT2D eigenvalue weighted by Crippen LogP contribution is -2.49. The quantitative estimate of drug-likeness (QED) is 0.235. The second-order valence-corrected chi connectivity index (χ2v) is 12.9. The molecule has 5 heterocycles. The van der Waals surface area contributed by atoms with E-state index in [4.69, 9.17) is 9.47 Å². The minimum Gasteiger partial charge on any atom is -0.457 e. The second-order valence-electron chi connectivity index (χ2n) is 11.9. The molecule has 1 atom stereocenters. The zero-order valence-electron chi connectivity index (χ0n) is 26.1. The number of ether oxygens (including phenoxy) is 2. The third-order valence-electron chi connectivity index (χ3n) is 8.64. The van der Waals surface area contributed by atoms with Crippen LogP contribution >= 0.6 is 11.3 Å². The van der Waals surface area contributed by atoms with E-state index in [1.54, 1.807) is 28.1 Å². The number of pyridine rings is 1. The molecule has 47 heavy (non-hydrogen) atoms. The zero-order chi connectivity index (χ0) is 32.3. The van der Waals surface area contributed by atoms with Gasteiger partial charge in [-0.05, 0) is 61.7 Å². The van der Waals surface area contributed by atoms with E-state index in [-0.39, 0.29) is 23.9 Å². The Kier molecular flexibility index (Phi) is 8.88. The number of piperidine rings is 1. The predicted molar refractivity (Wildman–Crippen MR) is 182 cm³/mol. The van der Waals surface area contributed by atoms with E-state index in [1.165, 1.54) is 11.3 Å². The van der Waals surface area contributed by atoms with Crippen LogP contribution in [0.1, 0.15) is 28.1 Å². The van der Waals surface area contributed by atoms with Gasteiger partial charge in [0.15, 0.2) is 0 Å². The molecule has 3 aliphatic heterocycles. The maximum absolute atomic E-state index is 13.7. The average molecular weight is 653 g/mol. The van der Waals surface area contributed by atoms with Gasteiger partial charge in [-0.3, -0.25) is 19.4 Å². The molecule has 4 aromatic rings. The van der Waals surface area contributed by atoms with Gasteiger partial charge in [0.1, 0.15) is 21.2 Å². The van der Waals surface area contributed by atoms with E-state index in [2.05, 4.69) is 20.5 Å². The monoisotopic (exact) mass is 652 g/mol. The van der Waals surface area contributed by atoms with Crippen molar-refractivity contribution in [2.24, 2.45) is 0 Å². The normalized spacial score (nSPS) is 18.4. The number of thiophene rings is 1. The minimum absolute atomic E-state index is 0.0506. The van der Waals surface area contributed by atoms with Gasteiger partial charge in [-0.2, -0.15) is 0 Å². The topological polar surface area (TPSA) is 116 Å². The van der Waals surface area contributed by atoms with Gasteiger partial charge in [-0.25, -0.2) is 9.78 Å². The fourth-order valence-corrected chi connectivity index (χ4v) is 7.31. The van der Waals surface area contributed by atoms with Gasteiger partial charge in [0.05, 0.1) is 35.7 Å². The number of aryl methyl sites for hydroxylation is 1. The molecule has 1 unspecified atom stereocenters. The van der Waals surface area contributed by atoms with Crippen molar-refractivity contribution in [1.82, 2.24) is 20.1 Å². The summed E-state index contributed by atoms with van der Waals surface area (Å²) >= 11 is 1.25. The highest BCUT2D eigenvalue weighted by Gasteiger charge is 2.34. The molecule has 3 aliphatic rings. The van der Waals surface area contributed by atoms with Crippen molar-refractivity contribution in [2.45, 2.75) is 25.8 Å². The Labute approximate surface area is 276 Å². The number of nitrogens with one attached hydrogen (secondary N) is 2. The van der Waals surface area contributed by atoms with Gasteiger partial charge in [0, 0.05) is 51.0 Å².